The van der Waals surface area contributed by atoms with Gasteiger partial charge in [0.1, 0.15) is 16.7 Å². The number of nitriles is 1. The molecule has 24 heavy (non-hydrogen) atoms. The van der Waals surface area contributed by atoms with Gasteiger partial charge in [0.25, 0.3) is 5.56 Å². The quantitative estimate of drug-likeness (QED) is 0.687. The highest BCUT2D eigenvalue weighted by molar-refractivity contribution is 7.98. The number of aryl methyl sites for hydroxylation is 3. The smallest absolute Gasteiger partial charge is 0.258 e. The molecule has 3 aromatic rings. The first-order valence-corrected chi connectivity index (χ1v) is 8.46. The van der Waals surface area contributed by atoms with E-state index in [1.165, 1.54) is 17.8 Å². The van der Waals surface area contributed by atoms with E-state index >= 15 is 0 Å². The van der Waals surface area contributed by atoms with E-state index in [-0.39, 0.29) is 5.56 Å². The zero-order chi connectivity index (χ0) is 17.3. The Bertz CT molecular complexity index is 1030. The van der Waals surface area contributed by atoms with E-state index in [0.29, 0.717) is 27.7 Å². The second-order valence-corrected chi connectivity index (χ2v) is 6.65. The largest absolute Gasteiger partial charge is 0.269 e. The molecular formula is C18H16N4OS. The van der Waals surface area contributed by atoms with Gasteiger partial charge in [0.15, 0.2) is 0 Å². The lowest BCUT2D eigenvalue weighted by atomic mass is 10.1. The molecule has 0 aliphatic rings. The molecule has 0 saturated carbocycles. The fraction of sp³-hybridized carbons (Fsp3) is 0.222. The minimum Gasteiger partial charge on any atom is -0.269 e. The highest BCUT2D eigenvalue weighted by atomic mass is 32.2. The van der Waals surface area contributed by atoms with Gasteiger partial charge in [0.2, 0.25) is 0 Å². The topological polar surface area (TPSA) is 71.0 Å². The van der Waals surface area contributed by atoms with Crippen LogP contribution in [-0.4, -0.2) is 14.4 Å². The second-order valence-electron chi connectivity index (χ2n) is 5.68. The van der Waals surface area contributed by atoms with E-state index in [2.05, 4.69) is 16.0 Å². The molecule has 0 amide bonds. The van der Waals surface area contributed by atoms with Crippen LogP contribution in [0.3, 0.4) is 0 Å². The van der Waals surface area contributed by atoms with E-state index < -0.39 is 0 Å². The van der Waals surface area contributed by atoms with Crippen LogP contribution in [-0.2, 0) is 5.75 Å². The van der Waals surface area contributed by atoms with Crippen LogP contribution >= 0.6 is 11.8 Å². The molecule has 120 valence electrons. The summed E-state index contributed by atoms with van der Waals surface area (Å²) in [5, 5.41) is 10.0. The van der Waals surface area contributed by atoms with E-state index in [4.69, 9.17) is 0 Å². The molecule has 0 spiro atoms. The number of thioether (sulfide) groups is 1. The molecular weight excluding hydrogens is 320 g/mol. The normalized spacial score (nSPS) is 10.8. The van der Waals surface area contributed by atoms with Crippen molar-refractivity contribution < 1.29 is 0 Å². The summed E-state index contributed by atoms with van der Waals surface area (Å²) < 4.78 is 1.54. The number of pyridine rings is 2. The highest BCUT2D eigenvalue weighted by Gasteiger charge is 2.11. The molecule has 3 rings (SSSR count). The maximum absolute atomic E-state index is 12.2. The number of rotatable bonds is 3. The molecule has 6 heteroatoms. The molecule has 3 aromatic heterocycles. The summed E-state index contributed by atoms with van der Waals surface area (Å²) >= 11 is 1.43. The molecule has 0 unspecified atom stereocenters. The van der Waals surface area contributed by atoms with Gasteiger partial charge in [0, 0.05) is 23.7 Å². The van der Waals surface area contributed by atoms with Crippen molar-refractivity contribution in [3.63, 3.8) is 0 Å². The van der Waals surface area contributed by atoms with Crippen LogP contribution in [0.1, 0.15) is 28.1 Å². The van der Waals surface area contributed by atoms with Crippen LogP contribution in [0.25, 0.3) is 5.65 Å². The van der Waals surface area contributed by atoms with Crippen molar-refractivity contribution in [2.45, 2.75) is 31.6 Å². The zero-order valence-corrected chi connectivity index (χ0v) is 14.5. The molecule has 0 aromatic carbocycles. The Morgan fingerprint density at radius 1 is 1.21 bits per heavy atom. The van der Waals surface area contributed by atoms with Crippen LogP contribution in [0.5, 0.6) is 0 Å². The van der Waals surface area contributed by atoms with Crippen molar-refractivity contribution in [1.82, 2.24) is 14.4 Å². The summed E-state index contributed by atoms with van der Waals surface area (Å²) in [5.74, 6) is 0.490. The third-order valence-electron chi connectivity index (χ3n) is 3.64. The summed E-state index contributed by atoms with van der Waals surface area (Å²) in [6.45, 7) is 5.74. The lowest BCUT2D eigenvalue weighted by molar-refractivity contribution is 0.995. The van der Waals surface area contributed by atoms with Crippen LogP contribution in [0.15, 0.2) is 40.3 Å². The van der Waals surface area contributed by atoms with Crippen LogP contribution in [0.4, 0.5) is 0 Å². The summed E-state index contributed by atoms with van der Waals surface area (Å²) in [6, 6.07) is 9.40. The highest BCUT2D eigenvalue weighted by Crippen LogP contribution is 2.26. The van der Waals surface area contributed by atoms with Gasteiger partial charge in [0.05, 0.1) is 11.3 Å². The fourth-order valence-corrected chi connectivity index (χ4v) is 3.51. The molecule has 3 heterocycles. The number of aromatic nitrogens is 3. The van der Waals surface area contributed by atoms with Crippen molar-refractivity contribution in [2.75, 3.05) is 0 Å². The lowest BCUT2D eigenvalue weighted by Crippen LogP contribution is -2.15. The molecule has 0 aliphatic carbocycles. The first kappa shape index (κ1) is 16.2. The Morgan fingerprint density at radius 2 is 2.00 bits per heavy atom. The van der Waals surface area contributed by atoms with E-state index in [1.807, 2.05) is 39.0 Å². The molecule has 0 saturated heterocycles. The van der Waals surface area contributed by atoms with Gasteiger partial charge in [-0.1, -0.05) is 17.8 Å². The Hall–Kier alpha value is -2.65. The van der Waals surface area contributed by atoms with Crippen molar-refractivity contribution >= 4 is 17.4 Å². The second kappa shape index (κ2) is 6.46. The molecule has 0 bridgehead atoms. The van der Waals surface area contributed by atoms with Crippen molar-refractivity contribution in [1.29, 1.82) is 5.26 Å². The standard InChI is InChI=1S/C18H16N4OS/c1-11-4-5-16-21-14(7-17(23)22(16)9-11)10-24-18-15(8-19)12(2)6-13(3)20-18/h4-7,9H,10H2,1-3H3. The maximum Gasteiger partial charge on any atom is 0.258 e. The first-order chi connectivity index (χ1) is 11.5. The van der Waals surface area contributed by atoms with Gasteiger partial charge < -0.3 is 0 Å². The molecule has 5 nitrogen and oxygen atoms in total. The Labute approximate surface area is 144 Å². The summed E-state index contributed by atoms with van der Waals surface area (Å²) in [6.07, 6.45) is 1.78. The van der Waals surface area contributed by atoms with Gasteiger partial charge in [-0.15, -0.1) is 0 Å². The lowest BCUT2D eigenvalue weighted by Gasteiger charge is -2.08. The third kappa shape index (κ3) is 3.17. The minimum absolute atomic E-state index is 0.104. The molecule has 0 N–H and O–H groups in total. The predicted octanol–water partition coefficient (Wildman–Crippen LogP) is 3.18. The van der Waals surface area contributed by atoms with Crippen molar-refractivity contribution in [3.8, 4) is 6.07 Å². The summed E-state index contributed by atoms with van der Waals surface area (Å²) in [7, 11) is 0. The Kier molecular flexibility index (Phi) is 4.36. The predicted molar refractivity (Wildman–Crippen MR) is 94.2 cm³/mol. The number of hydrogen-bond donors (Lipinski definition) is 0. The molecule has 0 aliphatic heterocycles. The van der Waals surface area contributed by atoms with Gasteiger partial charge in [-0.3, -0.25) is 9.20 Å². The van der Waals surface area contributed by atoms with E-state index in [0.717, 1.165) is 16.8 Å². The van der Waals surface area contributed by atoms with Crippen molar-refractivity contribution in [3.05, 3.63) is 68.9 Å². The van der Waals surface area contributed by atoms with E-state index in [9.17, 15) is 10.1 Å². The number of hydrogen-bond acceptors (Lipinski definition) is 5. The third-order valence-corrected chi connectivity index (χ3v) is 4.65. The van der Waals surface area contributed by atoms with Gasteiger partial charge in [-0.05, 0) is 44.0 Å². The number of fused-ring (bicyclic) bond motifs is 1. The van der Waals surface area contributed by atoms with Crippen molar-refractivity contribution in [2.24, 2.45) is 0 Å². The molecule has 0 atom stereocenters. The van der Waals surface area contributed by atoms with Crippen LogP contribution < -0.4 is 5.56 Å². The fourth-order valence-electron chi connectivity index (χ4n) is 2.52. The number of nitrogens with zero attached hydrogens (tertiary/aromatic N) is 4. The van der Waals surface area contributed by atoms with E-state index in [1.54, 1.807) is 10.6 Å². The van der Waals surface area contributed by atoms with Gasteiger partial charge >= 0.3 is 0 Å². The van der Waals surface area contributed by atoms with Gasteiger partial charge in [-0.2, -0.15) is 5.26 Å². The van der Waals surface area contributed by atoms with Crippen LogP contribution in [0, 0.1) is 32.1 Å². The Balaban J connectivity index is 1.93. The summed E-state index contributed by atoms with van der Waals surface area (Å²) in [5.41, 5.74) is 4.57. The zero-order valence-electron chi connectivity index (χ0n) is 13.7. The average molecular weight is 336 g/mol. The molecule has 0 radical (unpaired) electrons. The van der Waals surface area contributed by atoms with Gasteiger partial charge in [-0.25, -0.2) is 9.97 Å². The van der Waals surface area contributed by atoms with Crippen LogP contribution in [0.2, 0.25) is 0 Å². The minimum atomic E-state index is -0.104. The Morgan fingerprint density at radius 3 is 2.75 bits per heavy atom. The monoisotopic (exact) mass is 336 g/mol. The SMILES string of the molecule is Cc1ccc2nc(CSc3nc(C)cc(C)c3C#N)cc(=O)n2c1. The molecule has 0 fully saturated rings. The first-order valence-electron chi connectivity index (χ1n) is 7.48. The average Bonchev–Trinajstić information content (AvgIpc) is 2.53. The maximum atomic E-state index is 12.2. The summed E-state index contributed by atoms with van der Waals surface area (Å²) in [4.78, 5) is 21.2.